The zero-order valence-corrected chi connectivity index (χ0v) is 19.8. The molecule has 3 heterocycles. The number of benzene rings is 1. The maximum atomic E-state index is 13.5. The Labute approximate surface area is 198 Å². The number of hydrogen-bond donors (Lipinski definition) is 4. The minimum absolute atomic E-state index is 0.0791. The Morgan fingerprint density at radius 3 is 2.62 bits per heavy atom. The molecular formula is C25H29N7O2. The summed E-state index contributed by atoms with van der Waals surface area (Å²) in [6.45, 7) is 5.90. The monoisotopic (exact) mass is 459 g/mol. The number of nitrogens with one attached hydrogen (secondary N) is 3. The van der Waals surface area contributed by atoms with Gasteiger partial charge in [0.1, 0.15) is 5.75 Å². The Kier molecular flexibility index (Phi) is 6.74. The summed E-state index contributed by atoms with van der Waals surface area (Å²) in [5.41, 5.74) is 6.00. The van der Waals surface area contributed by atoms with Crippen molar-refractivity contribution in [3.8, 4) is 17.1 Å². The normalized spacial score (nSPS) is 11.1. The first-order valence-electron chi connectivity index (χ1n) is 11.1. The fourth-order valence-corrected chi connectivity index (χ4v) is 3.80. The lowest BCUT2D eigenvalue weighted by Crippen LogP contribution is -2.26. The molecule has 0 radical (unpaired) electrons. The molecule has 0 fully saturated rings. The molecule has 0 aliphatic heterocycles. The van der Waals surface area contributed by atoms with Crippen LogP contribution < -0.4 is 10.6 Å². The topological polar surface area (TPSA) is 119 Å². The molecule has 0 saturated heterocycles. The van der Waals surface area contributed by atoms with Crippen molar-refractivity contribution in [2.75, 3.05) is 32.5 Å². The van der Waals surface area contributed by atoms with Gasteiger partial charge in [-0.3, -0.25) is 9.89 Å². The SMILES string of the molecule is CNCCNc1ccc(-c2cc(C(=O)N(C)Cc3cn[nH]c3C)c3cc(O)ccc3n2)nc1C. The van der Waals surface area contributed by atoms with E-state index in [1.54, 1.807) is 42.4 Å². The van der Waals surface area contributed by atoms with Crippen molar-refractivity contribution in [1.29, 1.82) is 0 Å². The van der Waals surface area contributed by atoms with Gasteiger partial charge >= 0.3 is 0 Å². The number of pyridine rings is 2. The predicted octanol–water partition coefficient (Wildman–Crippen LogP) is 3.25. The number of rotatable bonds is 8. The molecule has 9 nitrogen and oxygen atoms in total. The molecule has 0 bridgehead atoms. The van der Waals surface area contributed by atoms with E-state index in [9.17, 15) is 9.90 Å². The van der Waals surface area contributed by atoms with Gasteiger partial charge in [-0.05, 0) is 57.3 Å². The van der Waals surface area contributed by atoms with E-state index in [0.717, 1.165) is 35.7 Å². The lowest BCUT2D eigenvalue weighted by molar-refractivity contribution is 0.0787. The van der Waals surface area contributed by atoms with Crippen LogP contribution in [0.2, 0.25) is 0 Å². The molecule has 4 N–H and O–H groups in total. The van der Waals surface area contributed by atoms with Crippen molar-refractivity contribution in [1.82, 2.24) is 30.4 Å². The highest BCUT2D eigenvalue weighted by atomic mass is 16.3. The van der Waals surface area contributed by atoms with Gasteiger partial charge in [0, 0.05) is 43.3 Å². The molecule has 1 amide bonds. The molecule has 1 aromatic carbocycles. The van der Waals surface area contributed by atoms with Crippen LogP contribution in [0.5, 0.6) is 5.75 Å². The number of fused-ring (bicyclic) bond motifs is 1. The summed E-state index contributed by atoms with van der Waals surface area (Å²) < 4.78 is 0. The highest BCUT2D eigenvalue weighted by Gasteiger charge is 2.20. The minimum atomic E-state index is -0.179. The summed E-state index contributed by atoms with van der Waals surface area (Å²) in [7, 11) is 3.66. The van der Waals surface area contributed by atoms with Gasteiger partial charge in [-0.25, -0.2) is 9.97 Å². The van der Waals surface area contributed by atoms with Gasteiger partial charge in [0.25, 0.3) is 5.91 Å². The Bertz CT molecular complexity index is 1330. The van der Waals surface area contributed by atoms with Crippen LogP contribution in [0.25, 0.3) is 22.3 Å². The van der Waals surface area contributed by atoms with Gasteiger partial charge in [0.05, 0.1) is 40.0 Å². The standard InChI is InChI=1S/C25H29N7O2/c1-15-17(13-28-31-15)14-32(4)25(34)20-12-24(30-22-6-5-18(33)11-19(20)22)23-8-7-21(16(2)29-23)27-10-9-26-3/h5-8,11-13,26-27,33H,9-10,14H2,1-4H3,(H,28,31). The van der Waals surface area contributed by atoms with Gasteiger partial charge in [-0.1, -0.05) is 0 Å². The number of aryl methyl sites for hydroxylation is 2. The highest BCUT2D eigenvalue weighted by Crippen LogP contribution is 2.29. The number of nitrogens with zero attached hydrogens (tertiary/aromatic N) is 4. The highest BCUT2D eigenvalue weighted by molar-refractivity contribution is 6.07. The quantitative estimate of drug-likeness (QED) is 0.299. The number of aromatic hydroxyl groups is 1. The van der Waals surface area contributed by atoms with Crippen LogP contribution in [-0.4, -0.2) is 63.3 Å². The second kappa shape index (κ2) is 9.88. The van der Waals surface area contributed by atoms with Crippen LogP contribution in [0.1, 0.15) is 27.3 Å². The smallest absolute Gasteiger partial charge is 0.254 e. The molecule has 176 valence electrons. The van der Waals surface area contributed by atoms with E-state index in [-0.39, 0.29) is 11.7 Å². The number of carbonyl (C=O) groups excluding carboxylic acids is 1. The molecule has 3 aromatic heterocycles. The van der Waals surface area contributed by atoms with Gasteiger partial charge in [-0.15, -0.1) is 0 Å². The van der Waals surface area contributed by atoms with E-state index < -0.39 is 0 Å². The summed E-state index contributed by atoms with van der Waals surface area (Å²) in [6, 6.07) is 10.5. The number of hydrogen-bond acceptors (Lipinski definition) is 7. The fourth-order valence-electron chi connectivity index (χ4n) is 3.80. The number of likely N-dealkylation sites (N-methyl/N-ethyl adjacent to an activating group) is 1. The van der Waals surface area contributed by atoms with Crippen LogP contribution in [0.3, 0.4) is 0 Å². The van der Waals surface area contributed by atoms with Gasteiger partial charge in [0.2, 0.25) is 0 Å². The molecule has 0 atom stereocenters. The second-order valence-electron chi connectivity index (χ2n) is 8.30. The summed E-state index contributed by atoms with van der Waals surface area (Å²) in [6.07, 6.45) is 1.72. The molecule has 0 spiro atoms. The Morgan fingerprint density at radius 2 is 1.91 bits per heavy atom. The Hall–Kier alpha value is -3.98. The summed E-state index contributed by atoms with van der Waals surface area (Å²) in [4.78, 5) is 24.6. The van der Waals surface area contributed by atoms with Crippen molar-refractivity contribution in [3.63, 3.8) is 0 Å². The average Bonchev–Trinajstić information content (AvgIpc) is 3.23. The maximum Gasteiger partial charge on any atom is 0.254 e. The minimum Gasteiger partial charge on any atom is -0.508 e. The third-order valence-electron chi connectivity index (χ3n) is 5.75. The average molecular weight is 460 g/mol. The fraction of sp³-hybridized carbons (Fsp3) is 0.280. The molecular weight excluding hydrogens is 430 g/mol. The third-order valence-corrected chi connectivity index (χ3v) is 5.75. The lowest BCUT2D eigenvalue weighted by atomic mass is 10.0. The number of amides is 1. The number of anilines is 1. The van der Waals surface area contributed by atoms with Crippen molar-refractivity contribution < 1.29 is 9.90 Å². The molecule has 9 heteroatoms. The number of phenols is 1. The van der Waals surface area contributed by atoms with Crippen LogP contribution in [0.15, 0.2) is 42.6 Å². The molecule has 0 saturated carbocycles. The van der Waals surface area contributed by atoms with Crippen molar-refractivity contribution >= 4 is 22.5 Å². The second-order valence-corrected chi connectivity index (χ2v) is 8.30. The summed E-state index contributed by atoms with van der Waals surface area (Å²) in [5.74, 6) is -0.0997. The zero-order chi connectivity index (χ0) is 24.2. The van der Waals surface area contributed by atoms with E-state index in [1.165, 1.54) is 0 Å². The van der Waals surface area contributed by atoms with E-state index in [1.807, 2.05) is 33.0 Å². The molecule has 4 aromatic rings. The van der Waals surface area contributed by atoms with Crippen molar-refractivity contribution in [2.24, 2.45) is 0 Å². The number of aromatic nitrogens is 4. The van der Waals surface area contributed by atoms with E-state index >= 15 is 0 Å². The number of H-pyrrole nitrogens is 1. The van der Waals surface area contributed by atoms with Gasteiger partial charge in [0.15, 0.2) is 0 Å². The predicted molar refractivity (Wildman–Crippen MR) is 133 cm³/mol. The molecule has 0 aliphatic carbocycles. The van der Waals surface area contributed by atoms with E-state index in [2.05, 4.69) is 20.8 Å². The first kappa shape index (κ1) is 23.2. The summed E-state index contributed by atoms with van der Waals surface area (Å²) in [5, 5.41) is 24.1. The number of phenolic OH excluding ortho intramolecular Hbond substituents is 1. The Balaban J connectivity index is 1.72. The molecule has 34 heavy (non-hydrogen) atoms. The van der Waals surface area contributed by atoms with Crippen LogP contribution in [0, 0.1) is 13.8 Å². The van der Waals surface area contributed by atoms with Crippen molar-refractivity contribution in [2.45, 2.75) is 20.4 Å². The first-order valence-corrected chi connectivity index (χ1v) is 11.1. The van der Waals surface area contributed by atoms with Gasteiger partial charge < -0.3 is 20.6 Å². The number of carbonyl (C=O) groups is 1. The maximum absolute atomic E-state index is 13.5. The van der Waals surface area contributed by atoms with Crippen LogP contribution >= 0.6 is 0 Å². The van der Waals surface area contributed by atoms with E-state index in [4.69, 9.17) is 9.97 Å². The van der Waals surface area contributed by atoms with Crippen LogP contribution in [-0.2, 0) is 6.54 Å². The molecule has 0 aliphatic rings. The first-order chi connectivity index (χ1) is 16.4. The number of aromatic amines is 1. The Morgan fingerprint density at radius 1 is 1.09 bits per heavy atom. The lowest BCUT2D eigenvalue weighted by Gasteiger charge is -2.19. The summed E-state index contributed by atoms with van der Waals surface area (Å²) >= 11 is 0. The van der Waals surface area contributed by atoms with Crippen LogP contribution in [0.4, 0.5) is 5.69 Å². The largest absolute Gasteiger partial charge is 0.508 e. The van der Waals surface area contributed by atoms with Gasteiger partial charge in [-0.2, -0.15) is 5.10 Å². The zero-order valence-electron chi connectivity index (χ0n) is 19.8. The molecule has 4 rings (SSSR count). The van der Waals surface area contributed by atoms with E-state index in [0.29, 0.717) is 34.4 Å². The van der Waals surface area contributed by atoms with Crippen molar-refractivity contribution in [3.05, 3.63) is 65.1 Å². The third kappa shape index (κ3) is 4.84. The molecule has 0 unspecified atom stereocenters.